The van der Waals surface area contributed by atoms with Gasteiger partial charge in [0.1, 0.15) is 0 Å². The molecule has 0 aliphatic heterocycles. The van der Waals surface area contributed by atoms with Crippen LogP contribution in [-0.4, -0.2) is 26.8 Å². The van der Waals surface area contributed by atoms with Crippen LogP contribution < -0.4 is 0 Å². The van der Waals surface area contributed by atoms with Crippen LogP contribution in [0.1, 0.15) is 13.3 Å². The van der Waals surface area contributed by atoms with Gasteiger partial charge in [-0.2, -0.15) is 0 Å². The highest BCUT2D eigenvalue weighted by atomic mass is 127. The molecule has 2 atom stereocenters. The zero-order valence-electron chi connectivity index (χ0n) is 4.84. The summed E-state index contributed by atoms with van der Waals surface area (Å²) in [5.41, 5.74) is 0. The molecule has 0 aliphatic rings. The van der Waals surface area contributed by atoms with E-state index in [1.165, 1.54) is 0 Å². The number of hydrogen-bond donors (Lipinski definition) is 2. The molecular weight excluding hydrogens is 219 g/mol. The Kier molecular flexibility index (Phi) is 4.89. The van der Waals surface area contributed by atoms with Crippen molar-refractivity contribution < 1.29 is 10.2 Å². The number of rotatable bonds is 3. The molecule has 2 nitrogen and oxygen atoms in total. The molecule has 2 N–H and O–H groups in total. The summed E-state index contributed by atoms with van der Waals surface area (Å²) < 4.78 is -0.00222. The predicted octanol–water partition coefficient (Wildman–Crippen LogP) is 0.553. The number of aliphatic hydroxyl groups excluding tert-OH is 2. The third-order valence-electron chi connectivity index (χ3n) is 1.01. The van der Waals surface area contributed by atoms with E-state index in [4.69, 9.17) is 10.2 Å². The van der Waals surface area contributed by atoms with Gasteiger partial charge in [-0.3, -0.25) is 0 Å². The number of hydrogen-bond acceptors (Lipinski definition) is 2. The van der Waals surface area contributed by atoms with Crippen molar-refractivity contribution in [3.63, 3.8) is 0 Å². The first-order chi connectivity index (χ1) is 3.72. The average molecular weight is 230 g/mol. The van der Waals surface area contributed by atoms with Crippen LogP contribution in [0.25, 0.3) is 0 Å². The standard InChI is InChI=1S/C5H11IO2/c1-2-5(8)4(6)3-7/h4-5,7-8H,2-3H2,1H3/t4-,5-/m1/s1. The van der Waals surface area contributed by atoms with Crippen LogP contribution in [0.2, 0.25) is 0 Å². The van der Waals surface area contributed by atoms with Crippen LogP contribution in [-0.2, 0) is 0 Å². The molecule has 0 bridgehead atoms. The fraction of sp³-hybridized carbons (Fsp3) is 1.00. The SMILES string of the molecule is CC[C@@H](O)[C@H](I)CO. The van der Waals surface area contributed by atoms with Crippen molar-refractivity contribution in [3.05, 3.63) is 0 Å². The van der Waals surface area contributed by atoms with Crippen LogP contribution >= 0.6 is 22.6 Å². The topological polar surface area (TPSA) is 40.5 Å². The Hall–Kier alpha value is 0.650. The lowest BCUT2D eigenvalue weighted by molar-refractivity contribution is 0.142. The first-order valence-corrected chi connectivity index (χ1v) is 3.90. The van der Waals surface area contributed by atoms with E-state index in [0.29, 0.717) is 6.42 Å². The molecule has 0 unspecified atom stereocenters. The molecule has 0 aliphatic carbocycles. The van der Waals surface area contributed by atoms with E-state index in [1.807, 2.05) is 29.5 Å². The fourth-order valence-corrected chi connectivity index (χ4v) is 0.886. The minimum atomic E-state index is -0.347. The van der Waals surface area contributed by atoms with Gasteiger partial charge >= 0.3 is 0 Å². The van der Waals surface area contributed by atoms with Crippen molar-refractivity contribution in [2.75, 3.05) is 6.61 Å². The van der Waals surface area contributed by atoms with Crippen molar-refractivity contribution in [2.24, 2.45) is 0 Å². The maximum Gasteiger partial charge on any atom is 0.0677 e. The van der Waals surface area contributed by atoms with E-state index in [-0.39, 0.29) is 16.6 Å². The quantitative estimate of drug-likeness (QED) is 0.549. The first-order valence-electron chi connectivity index (χ1n) is 2.65. The molecule has 0 saturated carbocycles. The summed E-state index contributed by atoms with van der Waals surface area (Å²) in [5.74, 6) is 0. The summed E-state index contributed by atoms with van der Waals surface area (Å²) in [6.07, 6.45) is 0.370. The minimum absolute atomic E-state index is 0.00222. The molecular formula is C5H11IO2. The van der Waals surface area contributed by atoms with E-state index in [0.717, 1.165) is 0 Å². The highest BCUT2D eigenvalue weighted by molar-refractivity contribution is 14.1. The molecule has 0 spiro atoms. The van der Waals surface area contributed by atoms with Gasteiger partial charge < -0.3 is 10.2 Å². The molecule has 0 aromatic carbocycles. The van der Waals surface area contributed by atoms with Crippen molar-refractivity contribution in [3.8, 4) is 0 Å². The van der Waals surface area contributed by atoms with Crippen molar-refractivity contribution in [1.29, 1.82) is 0 Å². The highest BCUT2D eigenvalue weighted by Gasteiger charge is 2.10. The smallest absolute Gasteiger partial charge is 0.0677 e. The monoisotopic (exact) mass is 230 g/mol. The summed E-state index contributed by atoms with van der Waals surface area (Å²) >= 11 is 2.03. The van der Waals surface area contributed by atoms with Crippen molar-refractivity contribution in [2.45, 2.75) is 23.4 Å². The Morgan fingerprint density at radius 2 is 2.12 bits per heavy atom. The van der Waals surface area contributed by atoms with Crippen molar-refractivity contribution >= 4 is 22.6 Å². The van der Waals surface area contributed by atoms with Gasteiger partial charge in [0.25, 0.3) is 0 Å². The van der Waals surface area contributed by atoms with Gasteiger partial charge in [-0.15, -0.1) is 0 Å². The number of alkyl halides is 1. The average Bonchev–Trinajstić information content (AvgIpc) is 1.84. The molecule has 0 fully saturated rings. The molecule has 0 aromatic rings. The summed E-state index contributed by atoms with van der Waals surface area (Å²) in [5, 5.41) is 17.4. The van der Waals surface area contributed by atoms with E-state index in [1.54, 1.807) is 0 Å². The second-order valence-corrected chi connectivity index (χ2v) is 3.27. The summed E-state index contributed by atoms with van der Waals surface area (Å²) in [6, 6.07) is 0. The molecule has 0 aromatic heterocycles. The Bertz CT molecular complexity index is 50.4. The maximum absolute atomic E-state index is 8.96. The van der Waals surface area contributed by atoms with Crippen LogP contribution in [0.4, 0.5) is 0 Å². The summed E-state index contributed by atoms with van der Waals surface area (Å²) in [4.78, 5) is 0. The molecule has 8 heavy (non-hydrogen) atoms. The molecule has 0 heterocycles. The minimum Gasteiger partial charge on any atom is -0.395 e. The molecule has 50 valence electrons. The van der Waals surface area contributed by atoms with Gasteiger partial charge in [0.05, 0.1) is 16.6 Å². The van der Waals surface area contributed by atoms with Crippen molar-refractivity contribution in [1.82, 2.24) is 0 Å². The molecule has 0 rings (SSSR count). The van der Waals surface area contributed by atoms with Crippen LogP contribution in [0.3, 0.4) is 0 Å². The maximum atomic E-state index is 8.96. The Balaban J connectivity index is 3.29. The lowest BCUT2D eigenvalue weighted by Gasteiger charge is -2.11. The first kappa shape index (κ1) is 8.65. The van der Waals surface area contributed by atoms with Gasteiger partial charge in [-0.25, -0.2) is 0 Å². The second kappa shape index (κ2) is 4.52. The summed E-state index contributed by atoms with van der Waals surface area (Å²) in [7, 11) is 0. The molecule has 0 saturated heterocycles. The van der Waals surface area contributed by atoms with Crippen LogP contribution in [0, 0.1) is 0 Å². The summed E-state index contributed by atoms with van der Waals surface area (Å²) in [6.45, 7) is 1.96. The lowest BCUT2D eigenvalue weighted by atomic mass is 10.2. The van der Waals surface area contributed by atoms with Gasteiger partial charge in [-0.05, 0) is 6.42 Å². The normalized spacial score (nSPS) is 18.0. The molecule has 0 amide bonds. The Labute approximate surface area is 63.0 Å². The number of halogens is 1. The third kappa shape index (κ3) is 2.84. The van der Waals surface area contributed by atoms with E-state index < -0.39 is 0 Å². The Morgan fingerprint density at radius 3 is 2.25 bits per heavy atom. The van der Waals surface area contributed by atoms with E-state index in [9.17, 15) is 0 Å². The predicted molar refractivity (Wildman–Crippen MR) is 41.2 cm³/mol. The fourth-order valence-electron chi connectivity index (χ4n) is 0.377. The van der Waals surface area contributed by atoms with E-state index in [2.05, 4.69) is 0 Å². The largest absolute Gasteiger partial charge is 0.395 e. The number of aliphatic hydroxyl groups is 2. The lowest BCUT2D eigenvalue weighted by Crippen LogP contribution is -2.22. The van der Waals surface area contributed by atoms with Gasteiger partial charge in [0.2, 0.25) is 0 Å². The van der Waals surface area contributed by atoms with Crippen LogP contribution in [0.5, 0.6) is 0 Å². The second-order valence-electron chi connectivity index (χ2n) is 1.67. The van der Waals surface area contributed by atoms with Crippen LogP contribution in [0.15, 0.2) is 0 Å². The highest BCUT2D eigenvalue weighted by Crippen LogP contribution is 2.07. The molecule has 3 heteroatoms. The van der Waals surface area contributed by atoms with E-state index >= 15 is 0 Å². The zero-order chi connectivity index (χ0) is 6.57. The zero-order valence-corrected chi connectivity index (χ0v) is 7.00. The van der Waals surface area contributed by atoms with Gasteiger partial charge in [-0.1, -0.05) is 29.5 Å². The Morgan fingerprint density at radius 1 is 1.62 bits per heavy atom. The van der Waals surface area contributed by atoms with Gasteiger partial charge in [0, 0.05) is 0 Å². The third-order valence-corrected chi connectivity index (χ3v) is 2.23. The molecule has 0 radical (unpaired) electrons. The van der Waals surface area contributed by atoms with Gasteiger partial charge in [0.15, 0.2) is 0 Å².